The molecule has 0 spiro atoms. The lowest BCUT2D eigenvalue weighted by atomic mass is 9.81. The molecule has 0 bridgehead atoms. The average molecular weight is 575 g/mol. The van der Waals surface area contributed by atoms with Gasteiger partial charge < -0.3 is 0 Å². The van der Waals surface area contributed by atoms with E-state index in [1.54, 1.807) is 6.33 Å². The maximum atomic E-state index is 4.41. The zero-order chi connectivity index (χ0) is 30.1. The Morgan fingerprint density at radius 2 is 1.02 bits per heavy atom. The van der Waals surface area contributed by atoms with Crippen LogP contribution in [0.3, 0.4) is 0 Å². The summed E-state index contributed by atoms with van der Waals surface area (Å²) in [7, 11) is 0. The van der Waals surface area contributed by atoms with Crippen molar-refractivity contribution in [2.75, 3.05) is 0 Å². The number of rotatable bonds is 3. The van der Waals surface area contributed by atoms with Crippen molar-refractivity contribution in [3.05, 3.63) is 157 Å². The molecule has 0 fully saturated rings. The van der Waals surface area contributed by atoms with Crippen molar-refractivity contribution < 1.29 is 0 Å². The molecule has 2 nitrogen and oxygen atoms in total. The van der Waals surface area contributed by atoms with E-state index in [9.17, 15) is 0 Å². The van der Waals surface area contributed by atoms with Crippen LogP contribution in [0.4, 0.5) is 0 Å². The van der Waals surface area contributed by atoms with Crippen LogP contribution in [0.15, 0.2) is 146 Å². The van der Waals surface area contributed by atoms with Crippen LogP contribution in [0, 0.1) is 0 Å². The lowest BCUT2D eigenvalue weighted by molar-refractivity contribution is 0.660. The zero-order valence-electron chi connectivity index (χ0n) is 25.3. The highest BCUT2D eigenvalue weighted by molar-refractivity contribution is 6.22. The van der Waals surface area contributed by atoms with Gasteiger partial charge in [0.1, 0.15) is 6.33 Å². The standard InChI is InChI=1S/C43H30N2/c1-43(2)39-14-8-7-11-33(39)37-23-31(18-20-40(37)43)41-34-12-5-6-13-35(34)42(32-24-44-26-45-25-32)36-19-17-30(22-38(36)41)29-16-15-27-9-3-4-10-28(27)21-29/h3-26H,1-2H3. The van der Waals surface area contributed by atoms with Gasteiger partial charge in [-0.2, -0.15) is 0 Å². The van der Waals surface area contributed by atoms with Gasteiger partial charge >= 0.3 is 0 Å². The maximum absolute atomic E-state index is 4.41. The Kier molecular flexibility index (Phi) is 5.58. The van der Waals surface area contributed by atoms with Gasteiger partial charge in [0.15, 0.2) is 0 Å². The van der Waals surface area contributed by atoms with Crippen molar-refractivity contribution in [3.63, 3.8) is 0 Å². The van der Waals surface area contributed by atoms with Crippen LogP contribution in [-0.2, 0) is 5.41 Å². The Morgan fingerprint density at radius 3 is 1.84 bits per heavy atom. The number of aromatic nitrogens is 2. The second-order valence-electron chi connectivity index (χ2n) is 12.7. The third-order valence-corrected chi connectivity index (χ3v) is 9.83. The van der Waals surface area contributed by atoms with Gasteiger partial charge in [0.2, 0.25) is 0 Å². The van der Waals surface area contributed by atoms with Gasteiger partial charge in [-0.1, -0.05) is 123 Å². The van der Waals surface area contributed by atoms with E-state index in [0.717, 1.165) is 5.56 Å². The minimum Gasteiger partial charge on any atom is -0.244 e. The minimum absolute atomic E-state index is 0.0327. The second kappa shape index (κ2) is 9.70. The van der Waals surface area contributed by atoms with Crippen molar-refractivity contribution in [1.82, 2.24) is 9.97 Å². The summed E-state index contributed by atoms with van der Waals surface area (Å²) in [5.41, 5.74) is 12.5. The van der Waals surface area contributed by atoms with Crippen LogP contribution in [0.25, 0.3) is 76.8 Å². The van der Waals surface area contributed by atoms with Crippen LogP contribution in [0.2, 0.25) is 0 Å². The highest BCUT2D eigenvalue weighted by atomic mass is 14.8. The van der Waals surface area contributed by atoms with Gasteiger partial charge in [-0.05, 0) is 95.0 Å². The van der Waals surface area contributed by atoms with Gasteiger partial charge in [-0.25, -0.2) is 9.97 Å². The molecule has 7 aromatic carbocycles. The smallest absolute Gasteiger partial charge is 0.115 e. The van der Waals surface area contributed by atoms with Crippen molar-refractivity contribution in [1.29, 1.82) is 0 Å². The molecule has 0 aliphatic heterocycles. The molecular weight excluding hydrogens is 544 g/mol. The van der Waals surface area contributed by atoms with Gasteiger partial charge in [-0.15, -0.1) is 0 Å². The number of benzene rings is 7. The summed E-state index contributed by atoms with van der Waals surface area (Å²) in [4.78, 5) is 8.82. The van der Waals surface area contributed by atoms with Crippen molar-refractivity contribution in [2.45, 2.75) is 19.3 Å². The highest BCUT2D eigenvalue weighted by Crippen LogP contribution is 2.51. The molecule has 212 valence electrons. The summed E-state index contributed by atoms with van der Waals surface area (Å²) in [6, 6.07) is 47.1. The summed E-state index contributed by atoms with van der Waals surface area (Å²) < 4.78 is 0. The first-order valence-electron chi connectivity index (χ1n) is 15.6. The van der Waals surface area contributed by atoms with E-state index in [1.807, 2.05) is 12.4 Å². The second-order valence-corrected chi connectivity index (χ2v) is 12.7. The molecule has 0 N–H and O–H groups in total. The van der Waals surface area contributed by atoms with E-state index in [1.165, 1.54) is 82.4 Å². The summed E-state index contributed by atoms with van der Waals surface area (Å²) in [5.74, 6) is 0. The number of hydrogen-bond acceptors (Lipinski definition) is 2. The Balaban J connectivity index is 1.38. The molecule has 1 aliphatic carbocycles. The third kappa shape index (κ3) is 3.89. The first-order chi connectivity index (χ1) is 22.1. The van der Waals surface area contributed by atoms with Crippen LogP contribution < -0.4 is 0 Å². The van der Waals surface area contributed by atoms with Crippen LogP contribution in [0.5, 0.6) is 0 Å². The third-order valence-electron chi connectivity index (χ3n) is 9.83. The lowest BCUT2D eigenvalue weighted by Crippen LogP contribution is -2.14. The molecule has 0 unspecified atom stereocenters. The molecule has 0 saturated heterocycles. The topological polar surface area (TPSA) is 25.8 Å². The molecule has 1 aromatic heterocycles. The largest absolute Gasteiger partial charge is 0.244 e. The Morgan fingerprint density at radius 1 is 0.422 bits per heavy atom. The van der Waals surface area contributed by atoms with E-state index >= 15 is 0 Å². The summed E-state index contributed by atoms with van der Waals surface area (Å²) in [6.45, 7) is 4.68. The summed E-state index contributed by atoms with van der Waals surface area (Å²) >= 11 is 0. The molecule has 8 aromatic rings. The van der Waals surface area contributed by atoms with Crippen LogP contribution in [-0.4, -0.2) is 9.97 Å². The van der Waals surface area contributed by atoms with Gasteiger partial charge in [-0.3, -0.25) is 0 Å². The molecule has 0 radical (unpaired) electrons. The van der Waals surface area contributed by atoms with Crippen molar-refractivity contribution >= 4 is 32.3 Å². The Hall–Kier alpha value is -5.60. The predicted octanol–water partition coefficient (Wildman–Crippen LogP) is 11.2. The first-order valence-corrected chi connectivity index (χ1v) is 15.6. The van der Waals surface area contributed by atoms with E-state index in [4.69, 9.17) is 0 Å². The fourth-order valence-electron chi connectivity index (χ4n) is 7.65. The summed E-state index contributed by atoms with van der Waals surface area (Å²) in [5, 5.41) is 7.35. The van der Waals surface area contributed by atoms with Crippen molar-refractivity contribution in [2.24, 2.45) is 0 Å². The molecule has 9 rings (SSSR count). The molecule has 0 amide bonds. The minimum atomic E-state index is -0.0327. The number of hydrogen-bond donors (Lipinski definition) is 0. The molecule has 45 heavy (non-hydrogen) atoms. The van der Waals surface area contributed by atoms with Crippen LogP contribution in [0.1, 0.15) is 25.0 Å². The van der Waals surface area contributed by atoms with Gasteiger partial charge in [0, 0.05) is 28.9 Å². The number of nitrogens with zero attached hydrogens (tertiary/aromatic N) is 2. The zero-order valence-corrected chi connectivity index (χ0v) is 25.3. The van der Waals surface area contributed by atoms with Gasteiger partial charge in [0.05, 0.1) is 0 Å². The first kappa shape index (κ1) is 25.9. The molecule has 1 heterocycles. The quantitative estimate of drug-likeness (QED) is 0.196. The lowest BCUT2D eigenvalue weighted by Gasteiger charge is -2.22. The van der Waals surface area contributed by atoms with E-state index < -0.39 is 0 Å². The Labute approximate surface area is 262 Å². The van der Waals surface area contributed by atoms with E-state index in [0.29, 0.717) is 0 Å². The summed E-state index contributed by atoms with van der Waals surface area (Å²) in [6.07, 6.45) is 5.46. The van der Waals surface area contributed by atoms with E-state index in [2.05, 4.69) is 151 Å². The van der Waals surface area contributed by atoms with Crippen molar-refractivity contribution in [3.8, 4) is 44.5 Å². The molecular formula is C43H30N2. The molecule has 1 aliphatic rings. The van der Waals surface area contributed by atoms with E-state index in [-0.39, 0.29) is 5.41 Å². The number of fused-ring (bicyclic) bond motifs is 6. The highest BCUT2D eigenvalue weighted by Gasteiger charge is 2.35. The monoisotopic (exact) mass is 574 g/mol. The molecule has 0 saturated carbocycles. The Bertz CT molecular complexity index is 2450. The van der Waals surface area contributed by atoms with Crippen LogP contribution >= 0.6 is 0 Å². The van der Waals surface area contributed by atoms with Gasteiger partial charge in [0.25, 0.3) is 0 Å². The average Bonchev–Trinajstić information content (AvgIpc) is 3.32. The molecule has 0 atom stereocenters. The predicted molar refractivity (Wildman–Crippen MR) is 188 cm³/mol. The fourth-order valence-corrected chi connectivity index (χ4v) is 7.65. The molecule has 2 heteroatoms. The normalized spacial score (nSPS) is 13.3. The maximum Gasteiger partial charge on any atom is 0.115 e. The SMILES string of the molecule is CC1(C)c2ccccc2-c2cc(-c3c4ccccc4c(-c4cncnc4)c4ccc(-c5ccc6ccccc6c5)cc34)ccc21. The fraction of sp³-hybridized carbons (Fsp3) is 0.0698.